The molecule has 0 unspecified atom stereocenters. The number of nitriles is 1. The first-order valence-corrected chi connectivity index (χ1v) is 13.7. The van der Waals surface area contributed by atoms with Crippen LogP contribution in [0.5, 0.6) is 0 Å². The lowest BCUT2D eigenvalue weighted by Gasteiger charge is -2.50. The number of hydrogen-bond acceptors (Lipinski definition) is 6. The molecule has 7 nitrogen and oxygen atoms in total. The molecule has 5 rings (SSSR count). The van der Waals surface area contributed by atoms with Crippen LogP contribution >= 0.6 is 11.3 Å². The summed E-state index contributed by atoms with van der Waals surface area (Å²) in [5.74, 6) is -1.07. The summed E-state index contributed by atoms with van der Waals surface area (Å²) in [5, 5.41) is 12.4. The van der Waals surface area contributed by atoms with Crippen molar-refractivity contribution in [3.8, 4) is 6.07 Å². The lowest BCUT2D eigenvalue weighted by Crippen LogP contribution is -2.56. The molecule has 2 bridgehead atoms. The van der Waals surface area contributed by atoms with Crippen LogP contribution in [0.2, 0.25) is 0 Å². The Morgan fingerprint density at radius 3 is 2.40 bits per heavy atom. The number of aromatic nitrogens is 1. The van der Waals surface area contributed by atoms with Crippen LogP contribution in [-0.2, 0) is 22.6 Å². The molecule has 1 aromatic carbocycles. The maximum atomic E-state index is 13.4. The van der Waals surface area contributed by atoms with E-state index in [1.54, 1.807) is 12.4 Å². The molecular weight excluding hydrogens is 501 g/mol. The van der Waals surface area contributed by atoms with Crippen molar-refractivity contribution in [1.29, 1.82) is 5.26 Å². The van der Waals surface area contributed by atoms with Gasteiger partial charge in [0.05, 0.1) is 45.3 Å². The SMILES string of the molecule is Cc1ncsc1CCS(=O)(=O)Nc1ccc(C(F)(F)F)cc1C(=O)NC12CCC(C#N)(CC1)CC2. The van der Waals surface area contributed by atoms with E-state index in [9.17, 15) is 31.6 Å². The number of hydrogen-bond donors (Lipinski definition) is 2. The highest BCUT2D eigenvalue weighted by Crippen LogP contribution is 2.52. The number of thiazole rings is 1. The third kappa shape index (κ3) is 5.46. The molecule has 0 aliphatic heterocycles. The minimum absolute atomic E-state index is 0.192. The summed E-state index contributed by atoms with van der Waals surface area (Å²) < 4.78 is 68.0. The van der Waals surface area contributed by atoms with E-state index in [-0.39, 0.29) is 28.8 Å². The Kier molecular flexibility index (Phi) is 6.61. The average molecular weight is 527 g/mol. The highest BCUT2D eigenvalue weighted by atomic mass is 32.2. The monoisotopic (exact) mass is 526 g/mol. The van der Waals surface area contributed by atoms with Crippen molar-refractivity contribution in [1.82, 2.24) is 10.3 Å². The summed E-state index contributed by atoms with van der Waals surface area (Å²) in [4.78, 5) is 18.1. The summed E-state index contributed by atoms with van der Waals surface area (Å²) in [5.41, 5.74) is -0.289. The molecule has 1 heterocycles. The highest BCUT2D eigenvalue weighted by molar-refractivity contribution is 7.92. The van der Waals surface area contributed by atoms with Crippen molar-refractivity contribution in [3.63, 3.8) is 0 Å². The fourth-order valence-corrected chi connectivity index (χ4v) is 6.86. The zero-order chi connectivity index (χ0) is 25.5. The topological polar surface area (TPSA) is 112 Å². The number of carbonyl (C=O) groups is 1. The number of amides is 1. The predicted molar refractivity (Wildman–Crippen MR) is 125 cm³/mol. The van der Waals surface area contributed by atoms with Crippen molar-refractivity contribution in [2.24, 2.45) is 5.41 Å². The number of halogens is 3. The van der Waals surface area contributed by atoms with Gasteiger partial charge in [-0.1, -0.05) is 0 Å². The minimum atomic E-state index is -4.70. The summed E-state index contributed by atoms with van der Waals surface area (Å²) in [6.45, 7) is 1.76. The molecule has 35 heavy (non-hydrogen) atoms. The van der Waals surface area contributed by atoms with Crippen molar-refractivity contribution in [2.45, 2.75) is 63.6 Å². The van der Waals surface area contributed by atoms with Gasteiger partial charge in [-0.15, -0.1) is 11.3 Å². The Morgan fingerprint density at radius 1 is 1.20 bits per heavy atom. The number of sulfonamides is 1. The molecule has 1 aromatic heterocycles. The van der Waals surface area contributed by atoms with Gasteiger partial charge in [-0.05, 0) is 70.1 Å². The fraction of sp³-hybridized carbons (Fsp3) is 0.522. The van der Waals surface area contributed by atoms with Gasteiger partial charge in [-0.2, -0.15) is 18.4 Å². The van der Waals surface area contributed by atoms with E-state index in [1.807, 2.05) is 0 Å². The Morgan fingerprint density at radius 2 is 1.86 bits per heavy atom. The van der Waals surface area contributed by atoms with Gasteiger partial charge in [0.2, 0.25) is 10.0 Å². The van der Waals surface area contributed by atoms with Crippen molar-refractivity contribution >= 4 is 33.0 Å². The van der Waals surface area contributed by atoms with Crippen LogP contribution in [0.3, 0.4) is 0 Å². The van der Waals surface area contributed by atoms with Crippen LogP contribution < -0.4 is 10.0 Å². The van der Waals surface area contributed by atoms with Crippen LogP contribution in [0.4, 0.5) is 18.9 Å². The smallest absolute Gasteiger partial charge is 0.347 e. The summed E-state index contributed by atoms with van der Waals surface area (Å²) >= 11 is 1.32. The van der Waals surface area contributed by atoms with Gasteiger partial charge < -0.3 is 5.32 Å². The number of aryl methyl sites for hydroxylation is 2. The van der Waals surface area contributed by atoms with E-state index in [0.717, 1.165) is 22.7 Å². The second kappa shape index (κ2) is 9.09. The second-order valence-corrected chi connectivity index (χ2v) is 12.2. The molecule has 3 aliphatic rings. The van der Waals surface area contributed by atoms with Gasteiger partial charge in [-0.3, -0.25) is 9.52 Å². The minimum Gasteiger partial charge on any atom is -0.347 e. The highest BCUT2D eigenvalue weighted by Gasteiger charge is 2.49. The van der Waals surface area contributed by atoms with E-state index in [4.69, 9.17) is 0 Å². The number of rotatable bonds is 7. The van der Waals surface area contributed by atoms with E-state index in [0.29, 0.717) is 44.6 Å². The van der Waals surface area contributed by atoms with Crippen LogP contribution in [-0.4, -0.2) is 30.6 Å². The lowest BCUT2D eigenvalue weighted by molar-refractivity contribution is -0.137. The number of nitrogens with zero attached hydrogens (tertiary/aromatic N) is 2. The first kappa shape index (κ1) is 25.4. The second-order valence-electron chi connectivity index (χ2n) is 9.42. The molecule has 3 saturated carbocycles. The predicted octanol–water partition coefficient (Wildman–Crippen LogP) is 4.80. The number of anilines is 1. The molecule has 3 fully saturated rings. The van der Waals surface area contributed by atoms with Crippen LogP contribution in [0.25, 0.3) is 0 Å². The number of nitrogens with one attached hydrogen (secondary N) is 2. The number of benzene rings is 1. The van der Waals surface area contributed by atoms with Gasteiger partial charge in [-0.25, -0.2) is 13.4 Å². The molecule has 12 heteroatoms. The molecule has 3 aliphatic carbocycles. The normalized spacial score (nSPS) is 24.1. The van der Waals surface area contributed by atoms with E-state index in [1.165, 1.54) is 11.3 Å². The number of alkyl halides is 3. The summed E-state index contributed by atoms with van der Waals surface area (Å²) in [6, 6.07) is 4.79. The molecule has 0 atom stereocenters. The molecular formula is C23H25F3N4O3S2. The third-order valence-corrected chi connectivity index (χ3v) is 9.43. The van der Waals surface area contributed by atoms with Crippen molar-refractivity contribution in [3.05, 3.63) is 45.4 Å². The molecule has 0 radical (unpaired) electrons. The van der Waals surface area contributed by atoms with E-state index in [2.05, 4.69) is 21.1 Å². The zero-order valence-electron chi connectivity index (χ0n) is 19.0. The summed E-state index contributed by atoms with van der Waals surface area (Å²) in [7, 11) is -3.96. The lowest BCUT2D eigenvalue weighted by atomic mass is 9.58. The maximum Gasteiger partial charge on any atom is 0.416 e. The fourth-order valence-electron chi connectivity index (χ4n) is 4.86. The van der Waals surface area contributed by atoms with E-state index < -0.39 is 33.2 Å². The largest absolute Gasteiger partial charge is 0.416 e. The van der Waals surface area contributed by atoms with Crippen molar-refractivity contribution < 1.29 is 26.4 Å². The Bertz CT molecular complexity index is 1260. The third-order valence-electron chi connectivity index (χ3n) is 7.16. The first-order valence-electron chi connectivity index (χ1n) is 11.2. The number of carbonyl (C=O) groups excluding carboxylic acids is 1. The zero-order valence-corrected chi connectivity index (χ0v) is 20.7. The van der Waals surface area contributed by atoms with Crippen LogP contribution in [0.1, 0.15) is 65.0 Å². The number of fused-ring (bicyclic) bond motifs is 3. The average Bonchev–Trinajstić information content (AvgIpc) is 3.23. The van der Waals surface area contributed by atoms with Gasteiger partial charge in [0.25, 0.3) is 5.91 Å². The van der Waals surface area contributed by atoms with Gasteiger partial charge in [0.1, 0.15) is 0 Å². The molecule has 0 spiro atoms. The molecule has 188 valence electrons. The molecule has 2 N–H and O–H groups in total. The first-order chi connectivity index (χ1) is 16.4. The molecule has 1 amide bonds. The Hall–Kier alpha value is -2.65. The molecule has 2 aromatic rings. The maximum absolute atomic E-state index is 13.4. The van der Waals surface area contributed by atoms with Crippen molar-refractivity contribution in [2.75, 3.05) is 10.5 Å². The molecule has 0 saturated heterocycles. The quantitative estimate of drug-likeness (QED) is 0.538. The van der Waals surface area contributed by atoms with Crippen LogP contribution in [0.15, 0.2) is 23.7 Å². The standard InChI is InChI=1S/C23H25F3N4O3S2/c1-15-19(34-14-28-15)4-11-35(32,33)30-18-3-2-16(23(24,25)26)12-17(18)20(31)29-22-8-5-21(13-27,6-9-22)7-10-22/h2-3,12,14,30H,4-11H2,1H3,(H,29,31). The van der Waals surface area contributed by atoms with Gasteiger partial charge >= 0.3 is 6.18 Å². The summed E-state index contributed by atoms with van der Waals surface area (Å²) in [6.07, 6.45) is -0.996. The Labute approximate surface area is 205 Å². The Balaban J connectivity index is 1.57. The van der Waals surface area contributed by atoms with E-state index >= 15 is 0 Å². The van der Waals surface area contributed by atoms with Crippen LogP contribution in [0, 0.1) is 23.7 Å². The van der Waals surface area contributed by atoms with Gasteiger partial charge in [0, 0.05) is 10.4 Å². The van der Waals surface area contributed by atoms with Gasteiger partial charge in [0.15, 0.2) is 0 Å².